The third kappa shape index (κ3) is 5.36. The van der Waals surface area contributed by atoms with Crippen LogP contribution in [0.25, 0.3) is 0 Å². The van der Waals surface area contributed by atoms with Gasteiger partial charge in [0.25, 0.3) is 0 Å². The van der Waals surface area contributed by atoms with E-state index in [1.54, 1.807) is 6.92 Å². The van der Waals surface area contributed by atoms with Crippen LogP contribution >= 0.6 is 0 Å². The fourth-order valence-electron chi connectivity index (χ4n) is 0.138. The van der Waals surface area contributed by atoms with Crippen molar-refractivity contribution in [2.45, 2.75) is 6.92 Å². The van der Waals surface area contributed by atoms with E-state index in [2.05, 4.69) is 9.78 Å². The molecule has 0 saturated carbocycles. The van der Waals surface area contributed by atoms with Gasteiger partial charge in [-0.05, 0) is 6.92 Å². The first-order valence-electron chi connectivity index (χ1n) is 2.06. The minimum absolute atomic E-state index is 0.240. The number of halogens is 2. The lowest BCUT2D eigenvalue weighted by atomic mass is 10.9. The summed E-state index contributed by atoms with van der Waals surface area (Å²) < 4.78 is 22.0. The second-order valence-electron chi connectivity index (χ2n) is 0.910. The molecule has 0 radical (unpaired) electrons. The van der Waals surface area contributed by atoms with Gasteiger partial charge in [-0.1, -0.05) is 0 Å². The fraction of sp³-hybridized carbons (Fsp3) is 0.500. The van der Waals surface area contributed by atoms with Gasteiger partial charge < -0.3 is 4.89 Å². The van der Waals surface area contributed by atoms with E-state index in [0.29, 0.717) is 0 Å². The Morgan fingerprint density at radius 3 is 2.62 bits per heavy atom. The zero-order valence-corrected chi connectivity index (χ0v) is 4.36. The Bertz CT molecular complexity index is 78.1. The lowest BCUT2D eigenvalue weighted by Crippen LogP contribution is -1.84. The summed E-state index contributed by atoms with van der Waals surface area (Å²) in [7, 11) is 0. The maximum Gasteiger partial charge on any atom is 0.308 e. The van der Waals surface area contributed by atoms with Crippen LogP contribution in [0, 0.1) is 0 Å². The van der Waals surface area contributed by atoms with Gasteiger partial charge in [0, 0.05) is 0 Å². The van der Waals surface area contributed by atoms with E-state index in [9.17, 15) is 8.78 Å². The summed E-state index contributed by atoms with van der Waals surface area (Å²) in [6.45, 7) is 1.88. The van der Waals surface area contributed by atoms with Gasteiger partial charge in [-0.3, -0.25) is 0 Å². The normalized spacial score (nSPS) is 8.38. The molecule has 0 aliphatic heterocycles. The zero-order valence-electron chi connectivity index (χ0n) is 4.36. The van der Waals surface area contributed by atoms with Gasteiger partial charge in [0.15, 0.2) is 6.26 Å². The first-order valence-corrected chi connectivity index (χ1v) is 2.06. The van der Waals surface area contributed by atoms with E-state index in [0.717, 1.165) is 0 Å². The highest BCUT2D eigenvalue weighted by atomic mass is 19.3. The Morgan fingerprint density at radius 1 is 1.62 bits per heavy atom. The molecule has 48 valence electrons. The van der Waals surface area contributed by atoms with Crippen molar-refractivity contribution < 1.29 is 18.6 Å². The molecule has 0 N–H and O–H groups in total. The van der Waals surface area contributed by atoms with Gasteiger partial charge >= 0.3 is 6.08 Å². The van der Waals surface area contributed by atoms with Crippen LogP contribution in [0.4, 0.5) is 8.78 Å². The number of hydrogen-bond donors (Lipinski definition) is 0. The lowest BCUT2D eigenvalue weighted by molar-refractivity contribution is -0.246. The highest BCUT2D eigenvalue weighted by Gasteiger charge is 1.85. The Balaban J connectivity index is 3.03. The van der Waals surface area contributed by atoms with Gasteiger partial charge in [0.05, 0.1) is 6.61 Å². The van der Waals surface area contributed by atoms with Gasteiger partial charge in [0.1, 0.15) is 0 Å². The van der Waals surface area contributed by atoms with Gasteiger partial charge in [-0.15, -0.1) is 0 Å². The Hall–Kier alpha value is -0.640. The first-order chi connectivity index (χ1) is 3.77. The first kappa shape index (κ1) is 7.36. The molecule has 4 heteroatoms. The van der Waals surface area contributed by atoms with E-state index in [1.807, 2.05) is 0 Å². The molecule has 0 heterocycles. The lowest BCUT2D eigenvalue weighted by Gasteiger charge is -1.91. The molecule has 0 aromatic carbocycles. The third-order valence-electron chi connectivity index (χ3n) is 0.323. The number of rotatable bonds is 3. The Kier molecular flexibility index (Phi) is 4.16. The molecule has 0 saturated heterocycles. The van der Waals surface area contributed by atoms with Crippen molar-refractivity contribution in [2.75, 3.05) is 6.61 Å². The Labute approximate surface area is 45.6 Å². The summed E-state index contributed by atoms with van der Waals surface area (Å²) in [5, 5.41) is 0. The molecular formula is C4H6F2O2. The van der Waals surface area contributed by atoms with E-state index in [1.165, 1.54) is 0 Å². The van der Waals surface area contributed by atoms with Crippen LogP contribution in [0.15, 0.2) is 12.3 Å². The van der Waals surface area contributed by atoms with Crippen molar-refractivity contribution in [2.24, 2.45) is 0 Å². The van der Waals surface area contributed by atoms with Crippen LogP contribution in [0.5, 0.6) is 0 Å². The van der Waals surface area contributed by atoms with Crippen molar-refractivity contribution in [3.05, 3.63) is 12.3 Å². The van der Waals surface area contributed by atoms with Crippen molar-refractivity contribution in [1.29, 1.82) is 0 Å². The summed E-state index contributed by atoms with van der Waals surface area (Å²) in [5.41, 5.74) is 0. The molecule has 8 heavy (non-hydrogen) atoms. The molecular weight excluding hydrogens is 118 g/mol. The maximum atomic E-state index is 11.0. The van der Waals surface area contributed by atoms with Gasteiger partial charge in [-0.2, -0.15) is 13.7 Å². The minimum Gasteiger partial charge on any atom is -0.340 e. The molecule has 0 rings (SSSR count). The van der Waals surface area contributed by atoms with Crippen molar-refractivity contribution >= 4 is 0 Å². The molecule has 0 aromatic heterocycles. The van der Waals surface area contributed by atoms with E-state index >= 15 is 0 Å². The van der Waals surface area contributed by atoms with E-state index < -0.39 is 6.08 Å². The van der Waals surface area contributed by atoms with E-state index in [4.69, 9.17) is 0 Å². The summed E-state index contributed by atoms with van der Waals surface area (Å²) in [6, 6.07) is 0. The molecule has 0 atom stereocenters. The molecule has 0 spiro atoms. The largest absolute Gasteiger partial charge is 0.340 e. The monoisotopic (exact) mass is 124 g/mol. The van der Waals surface area contributed by atoms with E-state index in [-0.39, 0.29) is 12.9 Å². The molecule has 0 amide bonds. The third-order valence-corrected chi connectivity index (χ3v) is 0.323. The molecule has 0 aliphatic carbocycles. The average molecular weight is 124 g/mol. The maximum absolute atomic E-state index is 11.0. The van der Waals surface area contributed by atoms with Crippen molar-refractivity contribution in [3.63, 3.8) is 0 Å². The quantitative estimate of drug-likeness (QED) is 0.246. The smallest absolute Gasteiger partial charge is 0.308 e. The predicted octanol–water partition coefficient (Wildman–Crippen LogP) is 1.69. The zero-order chi connectivity index (χ0) is 6.41. The topological polar surface area (TPSA) is 18.5 Å². The molecule has 2 nitrogen and oxygen atoms in total. The predicted molar refractivity (Wildman–Crippen MR) is 23.0 cm³/mol. The molecule has 0 fully saturated rings. The van der Waals surface area contributed by atoms with Crippen LogP contribution in [0.2, 0.25) is 0 Å². The van der Waals surface area contributed by atoms with Crippen molar-refractivity contribution in [3.8, 4) is 0 Å². The molecule has 0 aromatic rings. The van der Waals surface area contributed by atoms with Gasteiger partial charge in [-0.25, -0.2) is 0 Å². The Morgan fingerprint density at radius 2 is 2.25 bits per heavy atom. The van der Waals surface area contributed by atoms with Crippen LogP contribution in [0.1, 0.15) is 6.92 Å². The molecule has 0 unspecified atom stereocenters. The summed E-state index contributed by atoms with van der Waals surface area (Å²) in [5.74, 6) is 0. The summed E-state index contributed by atoms with van der Waals surface area (Å²) >= 11 is 0. The SMILES string of the molecule is CCOOC=C(F)F. The highest BCUT2D eigenvalue weighted by Crippen LogP contribution is 1.95. The molecule has 0 bridgehead atoms. The van der Waals surface area contributed by atoms with Crippen LogP contribution in [0.3, 0.4) is 0 Å². The minimum atomic E-state index is -1.90. The number of hydrogen-bond acceptors (Lipinski definition) is 2. The fourth-order valence-corrected chi connectivity index (χ4v) is 0.138. The molecule has 0 aliphatic rings. The summed E-state index contributed by atoms with van der Waals surface area (Å²) in [6.07, 6.45) is -1.66. The van der Waals surface area contributed by atoms with Crippen LogP contribution in [-0.4, -0.2) is 6.61 Å². The average Bonchev–Trinajstić information content (AvgIpc) is 1.66. The van der Waals surface area contributed by atoms with Crippen molar-refractivity contribution in [1.82, 2.24) is 0 Å². The van der Waals surface area contributed by atoms with Crippen LogP contribution < -0.4 is 0 Å². The second-order valence-corrected chi connectivity index (χ2v) is 0.910. The summed E-state index contributed by atoms with van der Waals surface area (Å²) in [4.78, 5) is 7.92. The second kappa shape index (κ2) is 4.52. The standard InChI is InChI=1S/C4H6F2O2/c1-2-7-8-3-4(5)6/h3H,2H2,1H3. The highest BCUT2D eigenvalue weighted by molar-refractivity contribution is 4.67. The van der Waals surface area contributed by atoms with Gasteiger partial charge in [0.2, 0.25) is 0 Å². The van der Waals surface area contributed by atoms with Crippen LogP contribution in [-0.2, 0) is 9.78 Å².